The van der Waals surface area contributed by atoms with Gasteiger partial charge in [-0.1, -0.05) is 0 Å². The van der Waals surface area contributed by atoms with E-state index in [1.54, 1.807) is 61.5 Å². The first-order valence-electron chi connectivity index (χ1n) is 11.4. The summed E-state index contributed by atoms with van der Waals surface area (Å²) < 4.78 is 25.7. The monoisotopic (exact) mass is 475 g/mol. The summed E-state index contributed by atoms with van der Waals surface area (Å²) in [5.41, 5.74) is 3.11. The number of amides is 1. The summed E-state index contributed by atoms with van der Waals surface area (Å²) in [5.74, 6) is 1.66. The van der Waals surface area contributed by atoms with E-state index in [-0.39, 0.29) is 17.6 Å². The molecule has 1 fully saturated rings. The zero-order chi connectivity index (χ0) is 24.4. The first-order valence-corrected chi connectivity index (χ1v) is 11.4. The molecule has 3 heterocycles. The molecule has 8 nitrogen and oxygen atoms in total. The molecule has 1 N–H and O–H groups in total. The maximum Gasteiger partial charge on any atom is 0.227 e. The largest absolute Gasteiger partial charge is 0.497 e. The van der Waals surface area contributed by atoms with E-state index in [1.165, 1.54) is 12.1 Å². The highest BCUT2D eigenvalue weighted by molar-refractivity contribution is 5.93. The number of fused-ring (bicyclic) bond motifs is 1. The van der Waals surface area contributed by atoms with Crippen LogP contribution in [0.15, 0.2) is 60.9 Å². The standard InChI is InChI=1S/C26H26FN5O3/c1-34-21-13-20(14-22(15-21)35-2)29-26(33)18-7-10-31(11-8-18)25-24-16-23(30-32(24)12-9-28-25)17-3-5-19(27)6-4-17/h3-6,9,12-16,18H,7-8,10-11H2,1-2H3,(H,29,33). The van der Waals surface area contributed by atoms with Gasteiger partial charge >= 0.3 is 0 Å². The Morgan fingerprint density at radius 3 is 2.37 bits per heavy atom. The molecule has 0 aliphatic carbocycles. The molecule has 2 aromatic carbocycles. The molecule has 2 aromatic heterocycles. The van der Waals surface area contributed by atoms with Crippen molar-refractivity contribution < 1.29 is 18.7 Å². The lowest BCUT2D eigenvalue weighted by atomic mass is 9.95. The van der Waals surface area contributed by atoms with Crippen molar-refractivity contribution in [2.45, 2.75) is 12.8 Å². The number of piperidine rings is 1. The number of hydrogen-bond acceptors (Lipinski definition) is 6. The molecule has 1 aliphatic rings. The second kappa shape index (κ2) is 9.61. The molecule has 1 saturated heterocycles. The van der Waals surface area contributed by atoms with E-state index in [0.717, 1.165) is 22.6 Å². The number of carbonyl (C=O) groups is 1. The van der Waals surface area contributed by atoms with Crippen LogP contribution in [0.5, 0.6) is 11.5 Å². The highest BCUT2D eigenvalue weighted by Crippen LogP contribution is 2.30. The quantitative estimate of drug-likeness (QED) is 0.445. The number of benzene rings is 2. The van der Waals surface area contributed by atoms with Crippen molar-refractivity contribution in [1.29, 1.82) is 0 Å². The number of rotatable bonds is 6. The number of aromatic nitrogens is 3. The van der Waals surface area contributed by atoms with Gasteiger partial charge in [-0.2, -0.15) is 5.10 Å². The zero-order valence-electron chi connectivity index (χ0n) is 19.6. The third kappa shape index (κ3) is 4.75. The number of ether oxygens (including phenoxy) is 2. The van der Waals surface area contributed by atoms with Gasteiger partial charge in [0.15, 0.2) is 5.82 Å². The highest BCUT2D eigenvalue weighted by Gasteiger charge is 2.27. The molecule has 0 atom stereocenters. The predicted octanol–water partition coefficient (Wildman–Crippen LogP) is 4.41. The lowest BCUT2D eigenvalue weighted by molar-refractivity contribution is -0.120. The Balaban J connectivity index is 1.28. The van der Waals surface area contributed by atoms with Crippen LogP contribution in [0.1, 0.15) is 12.8 Å². The molecule has 1 amide bonds. The van der Waals surface area contributed by atoms with Crippen molar-refractivity contribution in [3.63, 3.8) is 0 Å². The summed E-state index contributed by atoms with van der Waals surface area (Å²) in [7, 11) is 3.15. The normalized spacial score (nSPS) is 14.2. The number of carbonyl (C=O) groups excluding carboxylic acids is 1. The first kappa shape index (κ1) is 22.6. The summed E-state index contributed by atoms with van der Waals surface area (Å²) in [6, 6.07) is 13.6. The van der Waals surface area contributed by atoms with Gasteiger partial charge in [0.25, 0.3) is 0 Å². The second-order valence-corrected chi connectivity index (χ2v) is 8.47. The molecule has 1 aliphatic heterocycles. The van der Waals surface area contributed by atoms with E-state index in [0.29, 0.717) is 43.1 Å². The lowest BCUT2D eigenvalue weighted by Gasteiger charge is -2.32. The Labute approximate surface area is 202 Å². The number of anilines is 2. The smallest absolute Gasteiger partial charge is 0.227 e. The number of halogens is 1. The third-order valence-electron chi connectivity index (χ3n) is 6.29. The number of nitrogens with zero attached hydrogens (tertiary/aromatic N) is 4. The van der Waals surface area contributed by atoms with Crippen molar-refractivity contribution in [2.24, 2.45) is 5.92 Å². The molecule has 0 spiro atoms. The van der Waals surface area contributed by atoms with E-state index in [2.05, 4.69) is 20.3 Å². The Morgan fingerprint density at radius 1 is 1.03 bits per heavy atom. The Hall–Kier alpha value is -4.14. The maximum atomic E-state index is 13.3. The Morgan fingerprint density at radius 2 is 1.71 bits per heavy atom. The maximum absolute atomic E-state index is 13.3. The number of hydrogen-bond donors (Lipinski definition) is 1. The summed E-state index contributed by atoms with van der Waals surface area (Å²) in [6.45, 7) is 1.40. The Kier molecular flexibility index (Phi) is 6.22. The predicted molar refractivity (Wildman–Crippen MR) is 131 cm³/mol. The summed E-state index contributed by atoms with van der Waals surface area (Å²) in [4.78, 5) is 19.7. The fourth-order valence-electron chi connectivity index (χ4n) is 4.39. The molecule has 0 unspecified atom stereocenters. The van der Waals surface area contributed by atoms with Gasteiger partial charge in [0.05, 0.1) is 19.9 Å². The summed E-state index contributed by atoms with van der Waals surface area (Å²) in [6.07, 6.45) is 4.93. The Bertz CT molecular complexity index is 1320. The van der Waals surface area contributed by atoms with Crippen LogP contribution < -0.4 is 19.7 Å². The van der Waals surface area contributed by atoms with Crippen LogP contribution in [0, 0.1) is 11.7 Å². The van der Waals surface area contributed by atoms with Crippen LogP contribution in [-0.2, 0) is 4.79 Å². The fraction of sp³-hybridized carbons (Fsp3) is 0.269. The molecular formula is C26H26FN5O3. The lowest BCUT2D eigenvalue weighted by Crippen LogP contribution is -2.38. The van der Waals surface area contributed by atoms with Crippen molar-refractivity contribution in [2.75, 3.05) is 37.5 Å². The average molecular weight is 476 g/mol. The van der Waals surface area contributed by atoms with Gasteiger partial charge in [0.1, 0.15) is 22.8 Å². The topological polar surface area (TPSA) is 81.0 Å². The SMILES string of the molecule is COc1cc(NC(=O)C2CCN(c3nccn4nc(-c5ccc(F)cc5)cc34)CC2)cc(OC)c1. The zero-order valence-corrected chi connectivity index (χ0v) is 19.6. The van der Waals surface area contributed by atoms with Crippen molar-refractivity contribution in [3.8, 4) is 22.8 Å². The van der Waals surface area contributed by atoms with E-state index in [4.69, 9.17) is 9.47 Å². The van der Waals surface area contributed by atoms with Crippen LogP contribution in [0.3, 0.4) is 0 Å². The van der Waals surface area contributed by atoms with Gasteiger partial charge in [-0.15, -0.1) is 0 Å². The molecule has 180 valence electrons. The van der Waals surface area contributed by atoms with Crippen LogP contribution in [0.2, 0.25) is 0 Å². The van der Waals surface area contributed by atoms with E-state index in [1.807, 2.05) is 6.07 Å². The van der Waals surface area contributed by atoms with Crippen LogP contribution in [0.25, 0.3) is 16.8 Å². The number of methoxy groups -OCH3 is 2. The molecule has 35 heavy (non-hydrogen) atoms. The third-order valence-corrected chi connectivity index (χ3v) is 6.29. The molecule has 5 rings (SSSR count). The summed E-state index contributed by atoms with van der Waals surface area (Å²) in [5, 5.41) is 7.63. The number of nitrogens with one attached hydrogen (secondary N) is 1. The minimum atomic E-state index is -0.280. The van der Waals surface area contributed by atoms with Crippen molar-refractivity contribution in [3.05, 3.63) is 66.7 Å². The molecular weight excluding hydrogens is 449 g/mol. The van der Waals surface area contributed by atoms with Gasteiger partial charge in [0.2, 0.25) is 5.91 Å². The molecule has 0 bridgehead atoms. The second-order valence-electron chi connectivity index (χ2n) is 8.47. The highest BCUT2D eigenvalue weighted by atomic mass is 19.1. The van der Waals surface area contributed by atoms with Crippen LogP contribution in [-0.4, -0.2) is 47.8 Å². The fourth-order valence-corrected chi connectivity index (χ4v) is 4.39. The van der Waals surface area contributed by atoms with Gasteiger partial charge in [-0.05, 0) is 43.2 Å². The first-order chi connectivity index (χ1) is 17.0. The summed E-state index contributed by atoms with van der Waals surface area (Å²) >= 11 is 0. The molecule has 4 aromatic rings. The molecule has 0 saturated carbocycles. The minimum Gasteiger partial charge on any atom is -0.497 e. The van der Waals surface area contributed by atoms with E-state index in [9.17, 15) is 9.18 Å². The van der Waals surface area contributed by atoms with Gasteiger partial charge in [-0.25, -0.2) is 13.9 Å². The van der Waals surface area contributed by atoms with E-state index < -0.39 is 0 Å². The van der Waals surface area contributed by atoms with Gasteiger partial charge < -0.3 is 19.7 Å². The van der Waals surface area contributed by atoms with Gasteiger partial charge in [0, 0.05) is 60.9 Å². The van der Waals surface area contributed by atoms with E-state index >= 15 is 0 Å². The average Bonchev–Trinajstić information content (AvgIpc) is 3.33. The molecule has 9 heteroatoms. The van der Waals surface area contributed by atoms with Crippen molar-refractivity contribution >= 4 is 22.9 Å². The van der Waals surface area contributed by atoms with Crippen molar-refractivity contribution in [1.82, 2.24) is 14.6 Å². The molecule has 0 radical (unpaired) electrons. The van der Waals surface area contributed by atoms with Gasteiger partial charge in [-0.3, -0.25) is 4.79 Å². The van der Waals surface area contributed by atoms with Crippen LogP contribution >= 0.6 is 0 Å². The minimum absolute atomic E-state index is 0.0194. The van der Waals surface area contributed by atoms with Crippen LogP contribution in [0.4, 0.5) is 15.9 Å².